The second-order valence-corrected chi connectivity index (χ2v) is 7.86. The lowest BCUT2D eigenvalue weighted by Gasteiger charge is -2.13. The molecule has 5 rings (SSSR count). The summed E-state index contributed by atoms with van der Waals surface area (Å²) in [5, 5.41) is 14.4. The van der Waals surface area contributed by atoms with Gasteiger partial charge in [0.25, 0.3) is 11.8 Å². The molecule has 6 nitrogen and oxygen atoms in total. The fourth-order valence-electron chi connectivity index (χ4n) is 4.69. The maximum absolute atomic E-state index is 12.6. The van der Waals surface area contributed by atoms with Crippen LogP contribution in [0.4, 0.5) is 0 Å². The standard InChI is InChI=1S/C24H19N3O3/c25-12-18-3-1-2-4-19(18)14-30-20-9-5-15(6-10-20)13-26-27-23(28)21-16-7-8-17(11-16)22(21)24(27)29/h1-10,13,16-17,21-22H,11,14H2/b26-13-/t16-,17-,21+,22+/m0/s1. The summed E-state index contributed by atoms with van der Waals surface area (Å²) < 4.78 is 5.76. The van der Waals surface area contributed by atoms with Crippen LogP contribution in [-0.4, -0.2) is 23.0 Å². The van der Waals surface area contributed by atoms with Crippen LogP contribution in [-0.2, 0) is 16.2 Å². The molecule has 6 heteroatoms. The second-order valence-electron chi connectivity index (χ2n) is 7.86. The Hall–Kier alpha value is -3.72. The number of allylic oxidation sites excluding steroid dienone is 2. The predicted molar refractivity (Wildman–Crippen MR) is 109 cm³/mol. The Morgan fingerprint density at radius 3 is 2.37 bits per heavy atom. The number of hydrazone groups is 1. The number of carbonyl (C=O) groups is 2. The quantitative estimate of drug-likeness (QED) is 0.440. The minimum Gasteiger partial charge on any atom is -0.489 e. The number of fused-ring (bicyclic) bond motifs is 5. The lowest BCUT2D eigenvalue weighted by Crippen LogP contribution is -2.28. The largest absolute Gasteiger partial charge is 0.489 e. The number of imide groups is 1. The van der Waals surface area contributed by atoms with Crippen LogP contribution in [0.25, 0.3) is 0 Å². The van der Waals surface area contributed by atoms with Crippen LogP contribution in [0.3, 0.4) is 0 Å². The number of benzene rings is 2. The number of nitrogens with zero attached hydrogens (tertiary/aromatic N) is 3. The smallest absolute Gasteiger partial charge is 0.254 e. The molecule has 1 heterocycles. The van der Waals surface area contributed by atoms with Crippen molar-refractivity contribution < 1.29 is 14.3 Å². The highest BCUT2D eigenvalue weighted by atomic mass is 16.5. The minimum absolute atomic E-state index is 0.180. The van der Waals surface area contributed by atoms with Crippen LogP contribution in [0.1, 0.15) is 23.1 Å². The molecule has 2 bridgehead atoms. The Labute approximate surface area is 174 Å². The van der Waals surface area contributed by atoms with Gasteiger partial charge in [-0.05, 0) is 54.2 Å². The zero-order valence-corrected chi connectivity index (χ0v) is 16.1. The molecule has 1 saturated heterocycles. The molecule has 148 valence electrons. The van der Waals surface area contributed by atoms with Crippen molar-refractivity contribution in [2.45, 2.75) is 13.0 Å². The van der Waals surface area contributed by atoms with Crippen molar-refractivity contribution in [1.29, 1.82) is 5.26 Å². The molecule has 2 fully saturated rings. The van der Waals surface area contributed by atoms with Gasteiger partial charge in [0, 0.05) is 5.56 Å². The summed E-state index contributed by atoms with van der Waals surface area (Å²) in [6.45, 7) is 0.299. The summed E-state index contributed by atoms with van der Waals surface area (Å²) in [6.07, 6.45) is 6.57. The molecular weight excluding hydrogens is 378 g/mol. The molecule has 2 aromatic carbocycles. The molecule has 2 aromatic rings. The predicted octanol–water partition coefficient (Wildman–Crippen LogP) is 3.28. The van der Waals surface area contributed by atoms with Crippen molar-refractivity contribution in [1.82, 2.24) is 5.01 Å². The lowest BCUT2D eigenvalue weighted by atomic mass is 9.85. The first kappa shape index (κ1) is 18.3. The molecule has 1 saturated carbocycles. The van der Waals surface area contributed by atoms with Gasteiger partial charge in [0.15, 0.2) is 0 Å². The Bertz CT molecular complexity index is 1080. The van der Waals surface area contributed by atoms with E-state index in [1.807, 2.05) is 30.3 Å². The van der Waals surface area contributed by atoms with Gasteiger partial charge in [-0.3, -0.25) is 9.59 Å². The SMILES string of the molecule is N#Cc1ccccc1COc1ccc(/C=N\N2C(=O)[C@H]3[C@H](C2=O)[C@H]2C=C[C@H]3C2)cc1. The molecule has 4 atom stereocenters. The number of nitriles is 1. The minimum atomic E-state index is -0.239. The summed E-state index contributed by atoms with van der Waals surface area (Å²) in [5.41, 5.74) is 2.18. The Morgan fingerprint density at radius 2 is 1.70 bits per heavy atom. The van der Waals surface area contributed by atoms with Crippen molar-refractivity contribution in [2.24, 2.45) is 28.8 Å². The van der Waals surface area contributed by atoms with E-state index in [1.165, 1.54) is 6.21 Å². The van der Waals surface area contributed by atoms with E-state index in [-0.39, 0.29) is 35.5 Å². The highest BCUT2D eigenvalue weighted by Crippen LogP contribution is 2.52. The highest BCUT2D eigenvalue weighted by Gasteiger charge is 2.59. The third-order valence-corrected chi connectivity index (χ3v) is 6.18. The summed E-state index contributed by atoms with van der Waals surface area (Å²) in [7, 11) is 0. The molecule has 0 spiro atoms. The van der Waals surface area contributed by atoms with Crippen LogP contribution in [0.15, 0.2) is 65.8 Å². The summed E-state index contributed by atoms with van der Waals surface area (Å²) >= 11 is 0. The van der Waals surface area contributed by atoms with Gasteiger partial charge in [-0.2, -0.15) is 15.4 Å². The zero-order valence-electron chi connectivity index (χ0n) is 16.1. The molecule has 0 aromatic heterocycles. The maximum Gasteiger partial charge on any atom is 0.254 e. The average Bonchev–Trinajstić information content (AvgIpc) is 3.46. The topological polar surface area (TPSA) is 82.8 Å². The normalized spacial score (nSPS) is 26.4. The van der Waals surface area contributed by atoms with E-state index in [0.29, 0.717) is 17.9 Å². The molecule has 1 aliphatic heterocycles. The first-order valence-electron chi connectivity index (χ1n) is 9.96. The van der Waals surface area contributed by atoms with Gasteiger partial charge < -0.3 is 4.74 Å². The second kappa shape index (κ2) is 7.27. The Kier molecular flexibility index (Phi) is 4.44. The molecule has 30 heavy (non-hydrogen) atoms. The van der Waals surface area contributed by atoms with E-state index in [4.69, 9.17) is 10.00 Å². The molecule has 0 unspecified atom stereocenters. The van der Waals surface area contributed by atoms with Crippen molar-refractivity contribution in [2.75, 3.05) is 0 Å². The fraction of sp³-hybridized carbons (Fsp3) is 0.250. The molecule has 2 aliphatic carbocycles. The van der Waals surface area contributed by atoms with Gasteiger partial charge in [0.1, 0.15) is 12.4 Å². The first-order valence-corrected chi connectivity index (χ1v) is 9.96. The van der Waals surface area contributed by atoms with Crippen LogP contribution >= 0.6 is 0 Å². The van der Waals surface area contributed by atoms with Gasteiger partial charge in [-0.1, -0.05) is 30.4 Å². The molecular formula is C24H19N3O3. The number of ether oxygens (including phenoxy) is 1. The van der Waals surface area contributed by atoms with E-state index in [1.54, 1.807) is 18.2 Å². The molecule has 0 radical (unpaired) electrons. The monoisotopic (exact) mass is 397 g/mol. The van der Waals surface area contributed by atoms with Gasteiger partial charge in [0.2, 0.25) is 0 Å². The maximum atomic E-state index is 12.6. The summed E-state index contributed by atoms with van der Waals surface area (Å²) in [6, 6.07) is 16.7. The summed E-state index contributed by atoms with van der Waals surface area (Å²) in [4.78, 5) is 25.3. The van der Waals surface area contributed by atoms with E-state index in [9.17, 15) is 9.59 Å². The van der Waals surface area contributed by atoms with Crippen molar-refractivity contribution in [3.8, 4) is 11.8 Å². The van der Waals surface area contributed by atoms with E-state index < -0.39 is 0 Å². The molecule has 0 N–H and O–H groups in total. The lowest BCUT2D eigenvalue weighted by molar-refractivity contribution is -0.140. The third kappa shape index (κ3) is 3.00. The van der Waals surface area contributed by atoms with Crippen LogP contribution < -0.4 is 4.74 Å². The molecule has 2 amide bonds. The van der Waals surface area contributed by atoms with Crippen LogP contribution in [0.5, 0.6) is 5.75 Å². The van der Waals surface area contributed by atoms with E-state index >= 15 is 0 Å². The van der Waals surface area contributed by atoms with Gasteiger partial charge >= 0.3 is 0 Å². The average molecular weight is 397 g/mol. The highest BCUT2D eigenvalue weighted by molar-refractivity contribution is 6.06. The van der Waals surface area contributed by atoms with Crippen molar-refractivity contribution in [3.63, 3.8) is 0 Å². The number of rotatable bonds is 5. The third-order valence-electron chi connectivity index (χ3n) is 6.18. The zero-order chi connectivity index (χ0) is 20.7. The van der Waals surface area contributed by atoms with Gasteiger partial charge in [-0.25, -0.2) is 0 Å². The Balaban J connectivity index is 1.23. The molecule has 3 aliphatic rings. The number of amides is 2. The first-order chi connectivity index (χ1) is 14.7. The van der Waals surface area contributed by atoms with Crippen molar-refractivity contribution >= 4 is 18.0 Å². The number of carbonyl (C=O) groups excluding carboxylic acids is 2. The number of hydrogen-bond donors (Lipinski definition) is 0. The van der Waals surface area contributed by atoms with E-state index in [2.05, 4.69) is 23.3 Å². The van der Waals surface area contributed by atoms with Gasteiger partial charge in [0.05, 0.1) is 29.7 Å². The van der Waals surface area contributed by atoms with Crippen molar-refractivity contribution in [3.05, 3.63) is 77.4 Å². The number of hydrogen-bond acceptors (Lipinski definition) is 5. The van der Waals surface area contributed by atoms with Crippen LogP contribution in [0, 0.1) is 35.0 Å². The summed E-state index contributed by atoms with van der Waals surface area (Å²) in [5.74, 6) is 0.167. The fourth-order valence-corrected chi connectivity index (χ4v) is 4.69. The Morgan fingerprint density at radius 1 is 1.03 bits per heavy atom. The van der Waals surface area contributed by atoms with Crippen LogP contribution in [0.2, 0.25) is 0 Å². The van der Waals surface area contributed by atoms with E-state index in [0.717, 1.165) is 22.6 Å². The van der Waals surface area contributed by atoms with Gasteiger partial charge in [-0.15, -0.1) is 0 Å².